The smallest absolute Gasteiger partial charge is 0.287 e. The minimum Gasteiger partial charge on any atom is -0.444 e. The first-order chi connectivity index (χ1) is 9.58. The molecule has 0 radical (unpaired) electrons. The molecule has 4 nitrogen and oxygen atoms in total. The van der Waals surface area contributed by atoms with Gasteiger partial charge in [-0.25, -0.2) is 0 Å². The van der Waals surface area contributed by atoms with E-state index in [1.807, 2.05) is 32.3 Å². The number of benzene rings is 1. The highest BCUT2D eigenvalue weighted by Gasteiger charge is 2.16. The Morgan fingerprint density at radius 2 is 1.95 bits per heavy atom. The van der Waals surface area contributed by atoms with Crippen LogP contribution in [-0.2, 0) is 0 Å². The SMILES string of the molecule is CN(C)[C@@H](CNC(=O)c1ccc(Br)o1)c1ccccc1. The first kappa shape index (κ1) is 14.8. The Kier molecular flexibility index (Phi) is 4.98. The van der Waals surface area contributed by atoms with Gasteiger partial charge in [0.15, 0.2) is 10.4 Å². The highest BCUT2D eigenvalue weighted by atomic mass is 79.9. The van der Waals surface area contributed by atoms with Crippen molar-refractivity contribution in [3.05, 3.63) is 58.5 Å². The van der Waals surface area contributed by atoms with E-state index in [0.717, 1.165) is 0 Å². The summed E-state index contributed by atoms with van der Waals surface area (Å²) in [6, 6.07) is 13.6. The van der Waals surface area contributed by atoms with Gasteiger partial charge in [-0.15, -0.1) is 0 Å². The minimum absolute atomic E-state index is 0.124. The largest absolute Gasteiger partial charge is 0.444 e. The van der Waals surface area contributed by atoms with Gasteiger partial charge in [-0.2, -0.15) is 0 Å². The number of furan rings is 1. The molecular weight excluding hydrogens is 320 g/mol. The number of nitrogens with one attached hydrogen (secondary N) is 1. The number of rotatable bonds is 5. The highest BCUT2D eigenvalue weighted by Crippen LogP contribution is 2.18. The first-order valence-corrected chi connectivity index (χ1v) is 7.12. The summed E-state index contributed by atoms with van der Waals surface area (Å²) >= 11 is 3.19. The Labute approximate surface area is 126 Å². The van der Waals surface area contributed by atoms with Gasteiger partial charge in [-0.1, -0.05) is 30.3 Å². The monoisotopic (exact) mass is 336 g/mol. The topological polar surface area (TPSA) is 45.5 Å². The highest BCUT2D eigenvalue weighted by molar-refractivity contribution is 9.10. The van der Waals surface area contributed by atoms with Crippen LogP contribution in [0.3, 0.4) is 0 Å². The van der Waals surface area contributed by atoms with Crippen LogP contribution in [0.25, 0.3) is 0 Å². The van der Waals surface area contributed by atoms with E-state index in [9.17, 15) is 4.79 Å². The van der Waals surface area contributed by atoms with Gasteiger partial charge in [0, 0.05) is 6.54 Å². The molecule has 0 bridgehead atoms. The number of hydrogen-bond donors (Lipinski definition) is 1. The second-order valence-electron chi connectivity index (χ2n) is 4.70. The second kappa shape index (κ2) is 6.72. The van der Waals surface area contributed by atoms with Crippen molar-refractivity contribution in [1.82, 2.24) is 10.2 Å². The molecule has 0 fully saturated rings. The Morgan fingerprint density at radius 1 is 1.25 bits per heavy atom. The van der Waals surface area contributed by atoms with Crippen LogP contribution in [0.1, 0.15) is 22.2 Å². The standard InChI is InChI=1S/C15H17BrN2O2/c1-18(2)12(11-6-4-3-5-7-11)10-17-15(19)13-8-9-14(16)20-13/h3-9,12H,10H2,1-2H3,(H,17,19)/t12-/m0/s1. The lowest BCUT2D eigenvalue weighted by atomic mass is 10.1. The van der Waals surface area contributed by atoms with Gasteiger partial charge < -0.3 is 14.6 Å². The molecule has 1 aromatic heterocycles. The lowest BCUT2D eigenvalue weighted by molar-refractivity contribution is 0.0913. The van der Waals surface area contributed by atoms with Gasteiger partial charge >= 0.3 is 0 Å². The number of carbonyl (C=O) groups excluding carboxylic acids is 1. The number of halogens is 1. The van der Waals surface area contributed by atoms with Crippen LogP contribution in [0.5, 0.6) is 0 Å². The first-order valence-electron chi connectivity index (χ1n) is 6.33. The van der Waals surface area contributed by atoms with Crippen LogP contribution in [0, 0.1) is 0 Å². The molecule has 2 aromatic rings. The van der Waals surface area contributed by atoms with Crippen LogP contribution in [0.2, 0.25) is 0 Å². The van der Waals surface area contributed by atoms with Crippen LogP contribution in [0.4, 0.5) is 0 Å². The maximum atomic E-state index is 12.0. The third kappa shape index (κ3) is 3.71. The van der Waals surface area contributed by atoms with Crippen molar-refractivity contribution in [2.75, 3.05) is 20.6 Å². The molecule has 0 aliphatic rings. The third-order valence-electron chi connectivity index (χ3n) is 3.06. The average Bonchev–Trinajstić information content (AvgIpc) is 2.86. The van der Waals surface area contributed by atoms with Crippen molar-refractivity contribution in [1.29, 1.82) is 0 Å². The van der Waals surface area contributed by atoms with E-state index < -0.39 is 0 Å². The van der Waals surface area contributed by atoms with E-state index in [4.69, 9.17) is 4.42 Å². The number of amides is 1. The molecule has 1 aromatic carbocycles. The van der Waals surface area contributed by atoms with E-state index in [-0.39, 0.29) is 11.9 Å². The minimum atomic E-state index is -0.210. The molecule has 5 heteroatoms. The van der Waals surface area contributed by atoms with E-state index in [2.05, 4.69) is 38.3 Å². The molecule has 1 amide bonds. The summed E-state index contributed by atoms with van der Waals surface area (Å²) in [5, 5.41) is 2.90. The molecule has 0 saturated heterocycles. The summed E-state index contributed by atoms with van der Waals surface area (Å²) in [5.41, 5.74) is 1.17. The van der Waals surface area contributed by atoms with Gasteiger partial charge in [0.2, 0.25) is 0 Å². The Balaban J connectivity index is 2.01. The lowest BCUT2D eigenvalue weighted by Crippen LogP contribution is -2.34. The van der Waals surface area contributed by atoms with Gasteiger partial charge in [0.05, 0.1) is 6.04 Å². The predicted octanol–water partition coefficient (Wildman–Crippen LogP) is 3.07. The van der Waals surface area contributed by atoms with Crippen molar-refractivity contribution in [3.8, 4) is 0 Å². The van der Waals surface area contributed by atoms with E-state index in [1.165, 1.54) is 5.56 Å². The number of carbonyl (C=O) groups is 1. The normalized spacial score (nSPS) is 12.4. The van der Waals surface area contributed by atoms with Gasteiger partial charge in [-0.05, 0) is 47.7 Å². The summed E-state index contributed by atoms with van der Waals surface area (Å²) in [4.78, 5) is 14.0. The Morgan fingerprint density at radius 3 is 2.50 bits per heavy atom. The third-order valence-corrected chi connectivity index (χ3v) is 3.49. The summed E-state index contributed by atoms with van der Waals surface area (Å²) in [5.74, 6) is 0.0981. The zero-order valence-corrected chi connectivity index (χ0v) is 13.1. The van der Waals surface area contributed by atoms with E-state index >= 15 is 0 Å². The summed E-state index contributed by atoms with van der Waals surface area (Å²) < 4.78 is 5.79. The van der Waals surface area contributed by atoms with Crippen LogP contribution < -0.4 is 5.32 Å². The Hall–Kier alpha value is -1.59. The van der Waals surface area contributed by atoms with Crippen molar-refractivity contribution in [3.63, 3.8) is 0 Å². The van der Waals surface area contributed by atoms with Crippen molar-refractivity contribution < 1.29 is 9.21 Å². The van der Waals surface area contributed by atoms with Gasteiger partial charge in [0.1, 0.15) is 0 Å². The van der Waals surface area contributed by atoms with Gasteiger partial charge in [0.25, 0.3) is 5.91 Å². The summed E-state index contributed by atoms with van der Waals surface area (Å²) in [6.07, 6.45) is 0. The molecule has 0 spiro atoms. The number of nitrogens with zero attached hydrogens (tertiary/aromatic N) is 1. The van der Waals surface area contributed by atoms with Crippen molar-refractivity contribution in [2.24, 2.45) is 0 Å². The molecule has 0 saturated carbocycles. The zero-order valence-electron chi connectivity index (χ0n) is 11.5. The van der Waals surface area contributed by atoms with Crippen LogP contribution >= 0.6 is 15.9 Å². The second-order valence-corrected chi connectivity index (χ2v) is 5.49. The number of hydrogen-bond acceptors (Lipinski definition) is 3. The fourth-order valence-corrected chi connectivity index (χ4v) is 2.29. The molecule has 106 valence electrons. The van der Waals surface area contributed by atoms with Crippen LogP contribution in [-0.4, -0.2) is 31.4 Å². The maximum absolute atomic E-state index is 12.0. The molecular formula is C15H17BrN2O2. The fraction of sp³-hybridized carbons (Fsp3) is 0.267. The zero-order chi connectivity index (χ0) is 14.5. The van der Waals surface area contributed by atoms with E-state index in [1.54, 1.807) is 12.1 Å². The quantitative estimate of drug-likeness (QED) is 0.912. The molecule has 20 heavy (non-hydrogen) atoms. The molecule has 0 unspecified atom stereocenters. The molecule has 1 heterocycles. The summed E-state index contributed by atoms with van der Waals surface area (Å²) in [7, 11) is 3.99. The molecule has 0 aliphatic carbocycles. The number of likely N-dealkylation sites (N-methyl/N-ethyl adjacent to an activating group) is 1. The van der Waals surface area contributed by atoms with Crippen molar-refractivity contribution >= 4 is 21.8 Å². The van der Waals surface area contributed by atoms with Gasteiger partial charge in [-0.3, -0.25) is 4.79 Å². The average molecular weight is 337 g/mol. The maximum Gasteiger partial charge on any atom is 0.287 e. The van der Waals surface area contributed by atoms with E-state index in [0.29, 0.717) is 17.0 Å². The predicted molar refractivity (Wildman–Crippen MR) is 81.6 cm³/mol. The molecule has 1 atom stereocenters. The molecule has 1 N–H and O–H groups in total. The lowest BCUT2D eigenvalue weighted by Gasteiger charge is -2.24. The van der Waals surface area contributed by atoms with Crippen molar-refractivity contribution in [2.45, 2.75) is 6.04 Å². The molecule has 0 aliphatic heterocycles. The summed E-state index contributed by atoms with van der Waals surface area (Å²) in [6.45, 7) is 0.522. The molecule has 2 rings (SSSR count). The fourth-order valence-electron chi connectivity index (χ4n) is 1.99. The van der Waals surface area contributed by atoms with Crippen LogP contribution in [0.15, 0.2) is 51.6 Å². The Bertz CT molecular complexity index is 566.